The minimum absolute atomic E-state index is 0.0114. The Morgan fingerprint density at radius 1 is 1.63 bits per heavy atom. The third-order valence-corrected chi connectivity index (χ3v) is 3.12. The average molecular weight is 267 g/mol. The summed E-state index contributed by atoms with van der Waals surface area (Å²) in [6, 6.07) is 5.05. The van der Waals surface area contributed by atoms with Crippen molar-refractivity contribution in [1.29, 1.82) is 0 Å². The molecule has 7 heteroatoms. The zero-order chi connectivity index (χ0) is 13.8. The van der Waals surface area contributed by atoms with Gasteiger partial charge in [-0.1, -0.05) is 6.07 Å². The Kier molecular flexibility index (Phi) is 4.18. The zero-order valence-electron chi connectivity index (χ0n) is 10.7. The van der Waals surface area contributed by atoms with Gasteiger partial charge in [-0.05, 0) is 12.1 Å². The third kappa shape index (κ3) is 2.77. The molecule has 1 atom stereocenters. The van der Waals surface area contributed by atoms with Crippen molar-refractivity contribution in [2.45, 2.75) is 6.10 Å². The van der Waals surface area contributed by atoms with Gasteiger partial charge >= 0.3 is 5.69 Å². The second-order valence-corrected chi connectivity index (χ2v) is 4.26. The molecule has 104 valence electrons. The van der Waals surface area contributed by atoms with Gasteiger partial charge in [-0.15, -0.1) is 0 Å². The molecule has 0 aliphatic carbocycles. The summed E-state index contributed by atoms with van der Waals surface area (Å²) in [4.78, 5) is 12.7. The second kappa shape index (κ2) is 5.85. The summed E-state index contributed by atoms with van der Waals surface area (Å²) >= 11 is 0. The first-order chi connectivity index (χ1) is 9.17. The SMILES string of the molecule is COc1cccc(N2CCOC(CN)C2)c1[N+](=O)[O-]. The van der Waals surface area contributed by atoms with Crippen molar-refractivity contribution in [3.05, 3.63) is 28.3 Å². The fourth-order valence-corrected chi connectivity index (χ4v) is 2.19. The Morgan fingerprint density at radius 2 is 2.42 bits per heavy atom. The average Bonchev–Trinajstić information content (AvgIpc) is 2.46. The predicted octanol–water partition coefficient (Wildman–Crippen LogP) is 0.767. The monoisotopic (exact) mass is 267 g/mol. The fourth-order valence-electron chi connectivity index (χ4n) is 2.19. The van der Waals surface area contributed by atoms with E-state index in [9.17, 15) is 10.1 Å². The zero-order valence-corrected chi connectivity index (χ0v) is 10.7. The number of anilines is 1. The molecule has 1 saturated heterocycles. The van der Waals surface area contributed by atoms with Crippen molar-refractivity contribution < 1.29 is 14.4 Å². The topological polar surface area (TPSA) is 90.9 Å². The van der Waals surface area contributed by atoms with Crippen LogP contribution in [0, 0.1) is 10.1 Å². The molecule has 7 nitrogen and oxygen atoms in total. The van der Waals surface area contributed by atoms with Gasteiger partial charge in [0.25, 0.3) is 0 Å². The Hall–Kier alpha value is -1.86. The molecule has 1 aliphatic heterocycles. The quantitative estimate of drug-likeness (QED) is 0.640. The Morgan fingerprint density at radius 3 is 3.05 bits per heavy atom. The van der Waals surface area contributed by atoms with E-state index in [0.717, 1.165) is 0 Å². The lowest BCUT2D eigenvalue weighted by Gasteiger charge is -2.33. The number of morpholine rings is 1. The van der Waals surface area contributed by atoms with Crippen LogP contribution >= 0.6 is 0 Å². The molecule has 1 aromatic rings. The standard InChI is InChI=1S/C12H17N3O4/c1-18-11-4-2-3-10(12(11)15(16)17)14-5-6-19-9(7-13)8-14/h2-4,9H,5-8,13H2,1H3. The van der Waals surface area contributed by atoms with Gasteiger partial charge in [0.15, 0.2) is 5.75 Å². The molecular formula is C12H17N3O4. The normalized spacial score (nSPS) is 19.3. The Labute approximate surface area is 111 Å². The summed E-state index contributed by atoms with van der Waals surface area (Å²) in [6.07, 6.45) is -0.0976. The van der Waals surface area contributed by atoms with Gasteiger partial charge in [-0.2, -0.15) is 0 Å². The number of rotatable bonds is 4. The molecule has 0 amide bonds. The lowest BCUT2D eigenvalue weighted by molar-refractivity contribution is -0.385. The number of nitro groups is 1. The molecule has 0 bridgehead atoms. The van der Waals surface area contributed by atoms with E-state index in [1.165, 1.54) is 7.11 Å². The van der Waals surface area contributed by atoms with E-state index < -0.39 is 4.92 Å². The van der Waals surface area contributed by atoms with Crippen LogP contribution in [0.1, 0.15) is 0 Å². The van der Waals surface area contributed by atoms with Gasteiger partial charge in [0.2, 0.25) is 0 Å². The highest BCUT2D eigenvalue weighted by Crippen LogP contribution is 2.37. The summed E-state index contributed by atoms with van der Waals surface area (Å²) in [5, 5.41) is 11.2. The lowest BCUT2D eigenvalue weighted by atomic mass is 10.2. The van der Waals surface area contributed by atoms with Crippen molar-refractivity contribution in [2.75, 3.05) is 38.3 Å². The van der Waals surface area contributed by atoms with Crippen LogP contribution in [0.25, 0.3) is 0 Å². The second-order valence-electron chi connectivity index (χ2n) is 4.26. The van der Waals surface area contributed by atoms with Crippen molar-refractivity contribution in [1.82, 2.24) is 0 Å². The maximum atomic E-state index is 11.2. The largest absolute Gasteiger partial charge is 0.490 e. The van der Waals surface area contributed by atoms with E-state index in [4.69, 9.17) is 15.2 Å². The molecule has 0 radical (unpaired) electrons. The van der Waals surface area contributed by atoms with Crippen LogP contribution < -0.4 is 15.4 Å². The molecule has 1 aliphatic rings. The van der Waals surface area contributed by atoms with Gasteiger partial charge in [0.1, 0.15) is 5.69 Å². The summed E-state index contributed by atoms with van der Waals surface area (Å²) in [7, 11) is 1.42. The molecule has 1 heterocycles. The summed E-state index contributed by atoms with van der Waals surface area (Å²) in [5.41, 5.74) is 6.12. The third-order valence-electron chi connectivity index (χ3n) is 3.12. The summed E-state index contributed by atoms with van der Waals surface area (Å²) in [6.45, 7) is 2.06. The van der Waals surface area contributed by atoms with Crippen molar-refractivity contribution in [2.24, 2.45) is 5.73 Å². The van der Waals surface area contributed by atoms with Gasteiger partial charge in [-0.3, -0.25) is 10.1 Å². The van der Waals surface area contributed by atoms with E-state index in [0.29, 0.717) is 31.9 Å². The van der Waals surface area contributed by atoms with E-state index in [1.54, 1.807) is 18.2 Å². The first-order valence-electron chi connectivity index (χ1n) is 6.05. The molecule has 0 spiro atoms. The molecule has 1 unspecified atom stereocenters. The van der Waals surface area contributed by atoms with E-state index >= 15 is 0 Å². The van der Waals surface area contributed by atoms with Crippen LogP contribution in [-0.4, -0.2) is 44.4 Å². The molecule has 0 saturated carbocycles. The number of nitrogens with two attached hydrogens (primary N) is 1. The summed E-state index contributed by atoms with van der Waals surface area (Å²) in [5.74, 6) is 0.262. The molecular weight excluding hydrogens is 250 g/mol. The van der Waals surface area contributed by atoms with E-state index in [-0.39, 0.29) is 17.5 Å². The fraction of sp³-hybridized carbons (Fsp3) is 0.500. The van der Waals surface area contributed by atoms with Crippen LogP contribution in [0.4, 0.5) is 11.4 Å². The predicted molar refractivity (Wildman–Crippen MR) is 70.7 cm³/mol. The van der Waals surface area contributed by atoms with Crippen molar-refractivity contribution >= 4 is 11.4 Å². The van der Waals surface area contributed by atoms with Crippen molar-refractivity contribution in [3.8, 4) is 5.75 Å². The maximum absolute atomic E-state index is 11.2. The van der Waals surface area contributed by atoms with E-state index in [1.807, 2.05) is 4.90 Å². The van der Waals surface area contributed by atoms with Crippen LogP contribution in [0.15, 0.2) is 18.2 Å². The maximum Gasteiger partial charge on any atom is 0.333 e. The van der Waals surface area contributed by atoms with Gasteiger partial charge in [0, 0.05) is 19.6 Å². The molecule has 2 rings (SSSR count). The number of benzene rings is 1. The number of ether oxygens (including phenoxy) is 2. The number of para-hydroxylation sites is 1. The first kappa shape index (κ1) is 13.6. The minimum Gasteiger partial charge on any atom is -0.490 e. The summed E-state index contributed by atoms with van der Waals surface area (Å²) < 4.78 is 10.5. The number of hydrogen-bond donors (Lipinski definition) is 1. The van der Waals surface area contributed by atoms with Crippen LogP contribution in [0.5, 0.6) is 5.75 Å². The Balaban J connectivity index is 2.35. The number of nitro benzene ring substituents is 1. The minimum atomic E-state index is -0.416. The Bertz CT molecular complexity index is 466. The first-order valence-corrected chi connectivity index (χ1v) is 6.05. The van der Waals surface area contributed by atoms with Gasteiger partial charge in [0.05, 0.1) is 24.7 Å². The van der Waals surface area contributed by atoms with Crippen LogP contribution in [-0.2, 0) is 4.74 Å². The highest BCUT2D eigenvalue weighted by molar-refractivity contribution is 5.70. The van der Waals surface area contributed by atoms with Crippen LogP contribution in [0.2, 0.25) is 0 Å². The number of methoxy groups -OCH3 is 1. The molecule has 1 aromatic carbocycles. The molecule has 2 N–H and O–H groups in total. The number of hydrogen-bond acceptors (Lipinski definition) is 6. The highest BCUT2D eigenvalue weighted by atomic mass is 16.6. The lowest BCUT2D eigenvalue weighted by Crippen LogP contribution is -2.45. The van der Waals surface area contributed by atoms with Crippen molar-refractivity contribution in [3.63, 3.8) is 0 Å². The molecule has 19 heavy (non-hydrogen) atoms. The highest BCUT2D eigenvalue weighted by Gasteiger charge is 2.28. The van der Waals surface area contributed by atoms with Gasteiger partial charge in [-0.25, -0.2) is 0 Å². The van der Waals surface area contributed by atoms with Gasteiger partial charge < -0.3 is 20.1 Å². The van der Waals surface area contributed by atoms with E-state index in [2.05, 4.69) is 0 Å². The number of nitrogens with zero attached hydrogens (tertiary/aromatic N) is 2. The van der Waals surface area contributed by atoms with Crippen LogP contribution in [0.3, 0.4) is 0 Å². The molecule has 1 fully saturated rings. The molecule has 0 aromatic heterocycles. The smallest absolute Gasteiger partial charge is 0.333 e.